The average molecular weight is 393 g/mol. The Balaban J connectivity index is 1.65. The SMILES string of the molecule is CC(Cc1cc(F)c(OCc2cccc(SC3CCC3)n2)c(F)c1)C(=O)O. The van der Waals surface area contributed by atoms with Crippen LogP contribution in [0, 0.1) is 17.6 Å². The van der Waals surface area contributed by atoms with Crippen LogP contribution in [0.4, 0.5) is 8.78 Å². The Bertz CT molecular complexity index is 804. The summed E-state index contributed by atoms with van der Waals surface area (Å²) in [4.78, 5) is 15.4. The number of hydrogen-bond acceptors (Lipinski definition) is 4. The molecule has 1 N–H and O–H groups in total. The molecule has 27 heavy (non-hydrogen) atoms. The van der Waals surface area contributed by atoms with Crippen molar-refractivity contribution >= 4 is 17.7 Å². The largest absolute Gasteiger partial charge is 0.481 e. The molecule has 144 valence electrons. The minimum absolute atomic E-state index is 0.0439. The number of ether oxygens (including phenoxy) is 1. The highest BCUT2D eigenvalue weighted by molar-refractivity contribution is 7.99. The van der Waals surface area contributed by atoms with Crippen LogP contribution in [-0.2, 0) is 17.8 Å². The summed E-state index contributed by atoms with van der Waals surface area (Å²) in [5.74, 6) is -3.90. The summed E-state index contributed by atoms with van der Waals surface area (Å²) in [5.41, 5.74) is 0.881. The molecule has 1 aromatic carbocycles. The first-order valence-electron chi connectivity index (χ1n) is 8.88. The average Bonchev–Trinajstić information content (AvgIpc) is 2.57. The van der Waals surface area contributed by atoms with Crippen LogP contribution in [0.25, 0.3) is 0 Å². The van der Waals surface area contributed by atoms with Crippen LogP contribution < -0.4 is 4.74 Å². The third-order valence-electron chi connectivity index (χ3n) is 4.51. The van der Waals surface area contributed by atoms with E-state index in [1.807, 2.05) is 12.1 Å². The molecule has 1 unspecified atom stereocenters. The molecular formula is C20H21F2NO3S. The quantitative estimate of drug-likeness (QED) is 0.695. The van der Waals surface area contributed by atoms with Crippen LogP contribution in [0.5, 0.6) is 5.75 Å². The third-order valence-corrected chi connectivity index (χ3v) is 5.78. The lowest BCUT2D eigenvalue weighted by molar-refractivity contribution is -0.141. The standard InChI is InChI=1S/C20H21F2NO3S/c1-12(20(24)25)8-13-9-16(21)19(17(22)10-13)26-11-14-4-2-7-18(23-14)27-15-5-3-6-15/h2,4,7,9-10,12,15H,3,5-6,8,11H2,1H3,(H,24,25). The van der Waals surface area contributed by atoms with E-state index < -0.39 is 29.3 Å². The fourth-order valence-electron chi connectivity index (χ4n) is 2.72. The van der Waals surface area contributed by atoms with Crippen molar-refractivity contribution in [2.24, 2.45) is 5.92 Å². The van der Waals surface area contributed by atoms with Gasteiger partial charge in [-0.05, 0) is 49.1 Å². The minimum Gasteiger partial charge on any atom is -0.481 e. The fraction of sp³-hybridized carbons (Fsp3) is 0.400. The molecule has 1 heterocycles. The second-order valence-corrected chi connectivity index (χ2v) is 8.08. The Labute approximate surface area is 161 Å². The molecule has 1 atom stereocenters. The van der Waals surface area contributed by atoms with Gasteiger partial charge in [0.15, 0.2) is 17.4 Å². The molecule has 1 aliphatic rings. The van der Waals surface area contributed by atoms with Crippen molar-refractivity contribution in [2.45, 2.75) is 49.5 Å². The summed E-state index contributed by atoms with van der Waals surface area (Å²) in [6.07, 6.45) is 3.68. The van der Waals surface area contributed by atoms with Gasteiger partial charge in [-0.3, -0.25) is 4.79 Å². The smallest absolute Gasteiger partial charge is 0.306 e. The van der Waals surface area contributed by atoms with Crippen LogP contribution in [-0.4, -0.2) is 21.3 Å². The number of thioether (sulfide) groups is 1. The number of carboxylic acids is 1. The fourth-order valence-corrected chi connectivity index (χ4v) is 3.96. The van der Waals surface area contributed by atoms with Crippen LogP contribution in [0.3, 0.4) is 0 Å². The van der Waals surface area contributed by atoms with E-state index in [1.54, 1.807) is 17.8 Å². The first-order valence-corrected chi connectivity index (χ1v) is 9.76. The van der Waals surface area contributed by atoms with Crippen molar-refractivity contribution < 1.29 is 23.4 Å². The molecule has 1 fully saturated rings. The van der Waals surface area contributed by atoms with E-state index in [-0.39, 0.29) is 18.6 Å². The minimum atomic E-state index is -1.01. The third kappa shape index (κ3) is 5.19. The predicted octanol–water partition coefficient (Wildman–Crippen LogP) is 4.85. The summed E-state index contributed by atoms with van der Waals surface area (Å²) >= 11 is 1.72. The molecular weight excluding hydrogens is 372 g/mol. The monoisotopic (exact) mass is 393 g/mol. The predicted molar refractivity (Wildman–Crippen MR) is 98.9 cm³/mol. The van der Waals surface area contributed by atoms with Crippen molar-refractivity contribution in [3.8, 4) is 5.75 Å². The normalized spacial score (nSPS) is 15.2. The number of nitrogens with zero attached hydrogens (tertiary/aromatic N) is 1. The maximum Gasteiger partial charge on any atom is 0.306 e. The number of benzene rings is 1. The van der Waals surface area contributed by atoms with Gasteiger partial charge in [0.05, 0.1) is 16.6 Å². The Morgan fingerprint density at radius 2 is 2.04 bits per heavy atom. The molecule has 0 amide bonds. The van der Waals surface area contributed by atoms with E-state index in [9.17, 15) is 13.6 Å². The topological polar surface area (TPSA) is 59.4 Å². The second-order valence-electron chi connectivity index (χ2n) is 6.76. The number of aliphatic carboxylic acids is 1. The number of halogens is 2. The van der Waals surface area contributed by atoms with Gasteiger partial charge in [-0.1, -0.05) is 19.4 Å². The molecule has 1 aliphatic carbocycles. The first kappa shape index (κ1) is 19.6. The number of aromatic nitrogens is 1. The van der Waals surface area contributed by atoms with Crippen molar-refractivity contribution in [2.75, 3.05) is 0 Å². The lowest BCUT2D eigenvalue weighted by atomic mass is 10.0. The molecule has 0 bridgehead atoms. The van der Waals surface area contributed by atoms with Gasteiger partial charge in [0, 0.05) is 5.25 Å². The summed E-state index contributed by atoms with van der Waals surface area (Å²) < 4.78 is 33.8. The van der Waals surface area contributed by atoms with Crippen molar-refractivity contribution in [3.63, 3.8) is 0 Å². The zero-order valence-corrected chi connectivity index (χ0v) is 15.8. The Morgan fingerprint density at radius 3 is 2.63 bits per heavy atom. The Hall–Kier alpha value is -2.15. The van der Waals surface area contributed by atoms with Gasteiger partial charge < -0.3 is 9.84 Å². The Morgan fingerprint density at radius 1 is 1.33 bits per heavy atom. The molecule has 2 aromatic rings. The molecule has 0 radical (unpaired) electrons. The maximum absolute atomic E-state index is 14.2. The van der Waals surface area contributed by atoms with Gasteiger partial charge in [-0.25, -0.2) is 13.8 Å². The zero-order chi connectivity index (χ0) is 19.4. The maximum atomic E-state index is 14.2. The van der Waals surface area contributed by atoms with Gasteiger partial charge in [-0.15, -0.1) is 11.8 Å². The molecule has 0 spiro atoms. The van der Waals surface area contributed by atoms with E-state index >= 15 is 0 Å². The van der Waals surface area contributed by atoms with Crippen LogP contribution in [0.15, 0.2) is 35.4 Å². The van der Waals surface area contributed by atoms with Crippen molar-refractivity contribution in [1.82, 2.24) is 4.98 Å². The van der Waals surface area contributed by atoms with Gasteiger partial charge in [0.1, 0.15) is 6.61 Å². The number of carboxylic acid groups (broad SMARTS) is 1. The number of hydrogen-bond donors (Lipinski definition) is 1. The van der Waals surface area contributed by atoms with Gasteiger partial charge in [0.2, 0.25) is 0 Å². The molecule has 0 saturated heterocycles. The van der Waals surface area contributed by atoms with Crippen molar-refractivity contribution in [1.29, 1.82) is 0 Å². The molecule has 1 saturated carbocycles. The summed E-state index contributed by atoms with van der Waals surface area (Å²) in [6, 6.07) is 7.77. The highest BCUT2D eigenvalue weighted by Crippen LogP contribution is 2.35. The lowest BCUT2D eigenvalue weighted by Crippen LogP contribution is -2.13. The van der Waals surface area contributed by atoms with E-state index in [0.717, 1.165) is 17.2 Å². The van der Waals surface area contributed by atoms with Crippen molar-refractivity contribution in [3.05, 3.63) is 53.2 Å². The van der Waals surface area contributed by atoms with E-state index in [4.69, 9.17) is 9.84 Å². The molecule has 4 nitrogen and oxygen atoms in total. The Kier molecular flexibility index (Phi) is 6.31. The van der Waals surface area contributed by atoms with Crippen LogP contribution >= 0.6 is 11.8 Å². The lowest BCUT2D eigenvalue weighted by Gasteiger charge is -2.24. The second kappa shape index (κ2) is 8.69. The molecule has 7 heteroatoms. The molecule has 3 rings (SSSR count). The van der Waals surface area contributed by atoms with Crippen LogP contribution in [0.2, 0.25) is 0 Å². The van der Waals surface area contributed by atoms with E-state index in [2.05, 4.69) is 4.98 Å². The first-order chi connectivity index (χ1) is 12.9. The number of rotatable bonds is 8. The van der Waals surface area contributed by atoms with E-state index in [1.165, 1.54) is 26.2 Å². The van der Waals surface area contributed by atoms with Gasteiger partial charge >= 0.3 is 5.97 Å². The highest BCUT2D eigenvalue weighted by atomic mass is 32.2. The molecule has 0 aliphatic heterocycles. The van der Waals surface area contributed by atoms with Gasteiger partial charge in [-0.2, -0.15) is 0 Å². The zero-order valence-electron chi connectivity index (χ0n) is 15.0. The highest BCUT2D eigenvalue weighted by Gasteiger charge is 2.20. The summed E-state index contributed by atoms with van der Waals surface area (Å²) in [6.45, 7) is 1.45. The molecule has 1 aromatic heterocycles. The van der Waals surface area contributed by atoms with Gasteiger partial charge in [0.25, 0.3) is 0 Å². The summed E-state index contributed by atoms with van der Waals surface area (Å²) in [7, 11) is 0. The van der Waals surface area contributed by atoms with Crippen LogP contribution in [0.1, 0.15) is 37.4 Å². The summed E-state index contributed by atoms with van der Waals surface area (Å²) in [5, 5.41) is 10.4. The van der Waals surface area contributed by atoms with E-state index in [0.29, 0.717) is 10.9 Å². The number of pyridine rings is 1. The number of carbonyl (C=O) groups is 1.